The summed E-state index contributed by atoms with van der Waals surface area (Å²) in [6, 6.07) is 0. The minimum Gasteiger partial charge on any atom is -0.299 e. The summed E-state index contributed by atoms with van der Waals surface area (Å²) in [6.45, 7) is 2.79. The van der Waals surface area contributed by atoms with Crippen LogP contribution in [0, 0.1) is 5.92 Å². The van der Waals surface area contributed by atoms with Crippen LogP contribution in [0.15, 0.2) is 6.33 Å². The van der Waals surface area contributed by atoms with Crippen LogP contribution >= 0.6 is 11.8 Å². The van der Waals surface area contributed by atoms with Crippen molar-refractivity contribution in [2.75, 3.05) is 11.5 Å². The predicted octanol–water partition coefficient (Wildman–Crippen LogP) is 1.16. The van der Waals surface area contributed by atoms with Crippen molar-refractivity contribution in [1.29, 1.82) is 0 Å². The molecule has 5 heteroatoms. The molecule has 1 saturated heterocycles. The highest BCUT2D eigenvalue weighted by Gasteiger charge is 2.24. The predicted molar refractivity (Wildman–Crippen MR) is 59.8 cm³/mol. The van der Waals surface area contributed by atoms with Crippen molar-refractivity contribution in [2.45, 2.75) is 26.3 Å². The van der Waals surface area contributed by atoms with Crippen LogP contribution in [-0.4, -0.2) is 32.1 Å². The van der Waals surface area contributed by atoms with Gasteiger partial charge in [-0.25, -0.2) is 9.67 Å². The zero-order valence-corrected chi connectivity index (χ0v) is 9.66. The molecule has 2 heterocycles. The number of carbonyl (C=O) groups is 1. The summed E-state index contributed by atoms with van der Waals surface area (Å²) in [5.74, 6) is 3.48. The Kier molecular flexibility index (Phi) is 3.41. The maximum atomic E-state index is 11.9. The molecule has 1 unspecified atom stereocenters. The molecule has 1 aliphatic rings. The van der Waals surface area contributed by atoms with E-state index in [-0.39, 0.29) is 5.92 Å². The van der Waals surface area contributed by atoms with E-state index in [2.05, 4.69) is 10.1 Å². The second-order valence-electron chi connectivity index (χ2n) is 3.70. The van der Waals surface area contributed by atoms with Gasteiger partial charge in [0, 0.05) is 18.2 Å². The molecule has 4 nitrogen and oxygen atoms in total. The van der Waals surface area contributed by atoms with E-state index in [0.717, 1.165) is 30.3 Å². The third-order valence-electron chi connectivity index (χ3n) is 2.71. The Morgan fingerprint density at radius 2 is 2.60 bits per heavy atom. The van der Waals surface area contributed by atoms with Gasteiger partial charge in [0.2, 0.25) is 0 Å². The lowest BCUT2D eigenvalue weighted by Gasteiger charge is -2.06. The summed E-state index contributed by atoms with van der Waals surface area (Å²) in [7, 11) is 0. The van der Waals surface area contributed by atoms with Gasteiger partial charge in [-0.15, -0.1) is 0 Å². The molecular weight excluding hydrogens is 210 g/mol. The van der Waals surface area contributed by atoms with Gasteiger partial charge in [0.1, 0.15) is 17.9 Å². The van der Waals surface area contributed by atoms with Crippen LogP contribution in [0.4, 0.5) is 0 Å². The van der Waals surface area contributed by atoms with Crippen molar-refractivity contribution in [1.82, 2.24) is 14.8 Å². The number of thioether (sulfide) groups is 1. The first kappa shape index (κ1) is 10.7. The second kappa shape index (κ2) is 4.79. The third-order valence-corrected chi connectivity index (χ3v) is 3.88. The molecule has 0 spiro atoms. The molecule has 1 aromatic rings. The Bertz CT molecular complexity index is 344. The first-order valence-electron chi connectivity index (χ1n) is 5.28. The fraction of sp³-hybridized carbons (Fsp3) is 0.700. The maximum absolute atomic E-state index is 11.9. The van der Waals surface area contributed by atoms with Crippen LogP contribution in [0.2, 0.25) is 0 Å². The lowest BCUT2D eigenvalue weighted by molar-refractivity contribution is -0.121. The molecule has 0 N–H and O–H groups in total. The van der Waals surface area contributed by atoms with Crippen molar-refractivity contribution < 1.29 is 4.79 Å². The highest BCUT2D eigenvalue weighted by molar-refractivity contribution is 7.99. The van der Waals surface area contributed by atoms with E-state index in [1.165, 1.54) is 6.33 Å². The standard InChI is InChI=1S/C10H15N3OS/c1-2-13-10(11-7-12-13)5-9(14)8-3-4-15-6-8/h7-8H,2-6H2,1H3. The molecule has 0 bridgehead atoms. The van der Waals surface area contributed by atoms with Crippen LogP contribution in [0.25, 0.3) is 0 Å². The quantitative estimate of drug-likeness (QED) is 0.771. The number of nitrogens with zero attached hydrogens (tertiary/aromatic N) is 3. The lowest BCUT2D eigenvalue weighted by atomic mass is 10.0. The summed E-state index contributed by atoms with van der Waals surface area (Å²) in [5, 5.41) is 4.06. The summed E-state index contributed by atoms with van der Waals surface area (Å²) in [5.41, 5.74) is 0. The van der Waals surface area contributed by atoms with Gasteiger partial charge in [-0.2, -0.15) is 16.9 Å². The van der Waals surface area contributed by atoms with Crippen LogP contribution in [0.3, 0.4) is 0 Å². The lowest BCUT2D eigenvalue weighted by Crippen LogP contribution is -2.18. The average molecular weight is 225 g/mol. The van der Waals surface area contributed by atoms with E-state index in [0.29, 0.717) is 12.2 Å². The number of ketones is 1. The molecular formula is C10H15N3OS. The first-order chi connectivity index (χ1) is 7.31. The van der Waals surface area contributed by atoms with Crippen LogP contribution < -0.4 is 0 Å². The molecule has 0 amide bonds. The number of aromatic nitrogens is 3. The van der Waals surface area contributed by atoms with Gasteiger partial charge in [0.05, 0.1) is 6.42 Å². The Balaban J connectivity index is 1.98. The molecule has 0 aromatic carbocycles. The van der Waals surface area contributed by atoms with E-state index in [4.69, 9.17) is 0 Å². The van der Waals surface area contributed by atoms with E-state index in [1.54, 1.807) is 4.68 Å². The fourth-order valence-corrected chi connectivity index (χ4v) is 3.03. The van der Waals surface area contributed by atoms with Gasteiger partial charge in [0.25, 0.3) is 0 Å². The monoisotopic (exact) mass is 225 g/mol. The Morgan fingerprint density at radius 3 is 3.27 bits per heavy atom. The van der Waals surface area contributed by atoms with E-state index < -0.39 is 0 Å². The van der Waals surface area contributed by atoms with Crippen LogP contribution in [0.1, 0.15) is 19.2 Å². The third kappa shape index (κ3) is 2.40. The molecule has 0 radical (unpaired) electrons. The molecule has 1 aromatic heterocycles. The fourth-order valence-electron chi connectivity index (χ4n) is 1.78. The molecule has 82 valence electrons. The minimum atomic E-state index is 0.247. The second-order valence-corrected chi connectivity index (χ2v) is 4.85. The van der Waals surface area contributed by atoms with Crippen molar-refractivity contribution in [2.24, 2.45) is 5.92 Å². The summed E-state index contributed by atoms with van der Waals surface area (Å²) >= 11 is 1.87. The van der Waals surface area contributed by atoms with Gasteiger partial charge in [0.15, 0.2) is 0 Å². The topological polar surface area (TPSA) is 47.8 Å². The number of hydrogen-bond donors (Lipinski definition) is 0. The Labute approximate surface area is 93.5 Å². The number of Topliss-reactive ketones (excluding diaryl/α,β-unsaturated/α-hetero) is 1. The van der Waals surface area contributed by atoms with Gasteiger partial charge in [-0.05, 0) is 19.1 Å². The molecule has 15 heavy (non-hydrogen) atoms. The molecule has 0 saturated carbocycles. The number of aryl methyl sites for hydroxylation is 1. The molecule has 0 aliphatic carbocycles. The van der Waals surface area contributed by atoms with Gasteiger partial charge < -0.3 is 0 Å². The van der Waals surface area contributed by atoms with Gasteiger partial charge >= 0.3 is 0 Å². The number of rotatable bonds is 4. The highest BCUT2D eigenvalue weighted by Crippen LogP contribution is 2.24. The SMILES string of the molecule is CCn1ncnc1CC(=O)C1CCSC1. The van der Waals surface area contributed by atoms with Crippen molar-refractivity contribution >= 4 is 17.5 Å². The average Bonchev–Trinajstić information content (AvgIpc) is 2.87. The number of hydrogen-bond acceptors (Lipinski definition) is 4. The summed E-state index contributed by atoms with van der Waals surface area (Å²) in [6.07, 6.45) is 3.00. The van der Waals surface area contributed by atoms with Crippen molar-refractivity contribution in [3.63, 3.8) is 0 Å². The smallest absolute Gasteiger partial charge is 0.144 e. The highest BCUT2D eigenvalue weighted by atomic mass is 32.2. The van der Waals surface area contributed by atoms with Gasteiger partial charge in [-0.1, -0.05) is 0 Å². The zero-order valence-electron chi connectivity index (χ0n) is 8.85. The normalized spacial score (nSPS) is 20.7. The Morgan fingerprint density at radius 1 is 1.73 bits per heavy atom. The van der Waals surface area contributed by atoms with E-state index in [1.807, 2.05) is 18.7 Å². The molecule has 1 atom stereocenters. The molecule has 1 aliphatic heterocycles. The van der Waals surface area contributed by atoms with Crippen molar-refractivity contribution in [3.8, 4) is 0 Å². The largest absolute Gasteiger partial charge is 0.299 e. The maximum Gasteiger partial charge on any atom is 0.144 e. The van der Waals surface area contributed by atoms with E-state index in [9.17, 15) is 4.79 Å². The van der Waals surface area contributed by atoms with E-state index >= 15 is 0 Å². The van der Waals surface area contributed by atoms with Crippen LogP contribution in [0.5, 0.6) is 0 Å². The summed E-state index contributed by atoms with van der Waals surface area (Å²) in [4.78, 5) is 16.0. The molecule has 1 fully saturated rings. The van der Waals surface area contributed by atoms with Crippen molar-refractivity contribution in [3.05, 3.63) is 12.2 Å². The molecule has 2 rings (SSSR count). The minimum absolute atomic E-state index is 0.247. The van der Waals surface area contributed by atoms with Gasteiger partial charge in [-0.3, -0.25) is 4.79 Å². The zero-order chi connectivity index (χ0) is 10.7. The Hall–Kier alpha value is -0.840. The number of carbonyl (C=O) groups excluding carboxylic acids is 1. The first-order valence-corrected chi connectivity index (χ1v) is 6.44. The van der Waals surface area contributed by atoms with Crippen LogP contribution in [-0.2, 0) is 17.8 Å². The summed E-state index contributed by atoms with van der Waals surface area (Å²) < 4.78 is 1.79.